The zero-order chi connectivity index (χ0) is 10.6. The first-order valence-corrected chi connectivity index (χ1v) is 5.20. The maximum Gasteiger partial charge on any atom is 0.0843 e. The fourth-order valence-corrected chi connectivity index (χ4v) is 2.75. The van der Waals surface area contributed by atoms with Crippen LogP contribution in [0.2, 0.25) is 0 Å². The van der Waals surface area contributed by atoms with Gasteiger partial charge in [0.05, 0.1) is 6.10 Å². The highest BCUT2D eigenvalue weighted by Crippen LogP contribution is 2.72. The Labute approximate surface area is 85.3 Å². The molecule has 0 amide bonds. The average molecular weight is 193 g/mol. The van der Waals surface area contributed by atoms with Crippen LogP contribution in [-0.2, 0) is 0 Å². The van der Waals surface area contributed by atoms with Crippen LogP contribution >= 0.6 is 0 Å². The molecular weight excluding hydrogens is 174 g/mol. The van der Waals surface area contributed by atoms with Gasteiger partial charge in [-0.3, -0.25) is 0 Å². The molecule has 2 heteroatoms. The Kier molecular flexibility index (Phi) is 1.84. The minimum Gasteiger partial charge on any atom is -0.388 e. The van der Waals surface area contributed by atoms with E-state index in [9.17, 15) is 5.11 Å². The molecule has 1 atom stereocenters. The summed E-state index contributed by atoms with van der Waals surface area (Å²) >= 11 is 0. The third kappa shape index (κ3) is 1.07. The molecule has 1 aromatic heterocycles. The molecule has 0 radical (unpaired) electrons. The summed E-state index contributed by atoms with van der Waals surface area (Å²) in [5, 5.41) is 10.2. The lowest BCUT2D eigenvalue weighted by molar-refractivity contribution is 0.131. The number of H-pyrrole nitrogens is 1. The predicted octanol–water partition coefficient (Wildman–Crippen LogP) is 2.73. The molecule has 1 fully saturated rings. The lowest BCUT2D eigenvalue weighted by Gasteiger charge is -2.10. The summed E-state index contributed by atoms with van der Waals surface area (Å²) in [6, 6.07) is 1.95. The van der Waals surface area contributed by atoms with E-state index in [1.54, 1.807) is 0 Å². The van der Waals surface area contributed by atoms with Gasteiger partial charge in [-0.05, 0) is 22.5 Å². The molecule has 0 aliphatic heterocycles. The molecule has 1 aliphatic carbocycles. The number of hydrogen-bond acceptors (Lipinski definition) is 1. The van der Waals surface area contributed by atoms with E-state index in [2.05, 4.69) is 32.7 Å². The Bertz CT molecular complexity index is 310. The van der Waals surface area contributed by atoms with Crippen molar-refractivity contribution in [3.8, 4) is 0 Å². The molecule has 14 heavy (non-hydrogen) atoms. The summed E-state index contributed by atoms with van der Waals surface area (Å²) < 4.78 is 0. The maximum absolute atomic E-state index is 10.2. The highest BCUT2D eigenvalue weighted by atomic mass is 16.3. The second-order valence-corrected chi connectivity index (χ2v) is 5.51. The van der Waals surface area contributed by atoms with Crippen LogP contribution in [0, 0.1) is 16.7 Å². The van der Waals surface area contributed by atoms with Gasteiger partial charge in [0.2, 0.25) is 0 Å². The van der Waals surface area contributed by atoms with Crippen molar-refractivity contribution >= 4 is 0 Å². The second kappa shape index (κ2) is 2.63. The molecule has 0 spiro atoms. The van der Waals surface area contributed by atoms with Crippen LogP contribution in [0.25, 0.3) is 0 Å². The molecular formula is C12H19NO. The van der Waals surface area contributed by atoms with Crippen LogP contribution in [0.4, 0.5) is 0 Å². The Morgan fingerprint density at radius 3 is 2.21 bits per heavy atom. The largest absolute Gasteiger partial charge is 0.388 e. The van der Waals surface area contributed by atoms with Gasteiger partial charge in [-0.25, -0.2) is 0 Å². The average Bonchev–Trinajstić information content (AvgIpc) is 2.53. The first kappa shape index (κ1) is 9.78. The Morgan fingerprint density at radius 2 is 1.86 bits per heavy atom. The number of rotatable bonds is 2. The van der Waals surface area contributed by atoms with Crippen molar-refractivity contribution in [1.29, 1.82) is 0 Å². The summed E-state index contributed by atoms with van der Waals surface area (Å²) in [5.41, 5.74) is 1.49. The lowest BCUT2D eigenvalue weighted by atomic mass is 10.0. The van der Waals surface area contributed by atoms with Crippen molar-refractivity contribution in [1.82, 2.24) is 4.98 Å². The van der Waals surface area contributed by atoms with Crippen molar-refractivity contribution in [3.05, 3.63) is 24.0 Å². The fourth-order valence-electron chi connectivity index (χ4n) is 2.75. The molecule has 0 aromatic carbocycles. The van der Waals surface area contributed by atoms with E-state index in [0.29, 0.717) is 5.92 Å². The minimum atomic E-state index is -0.328. The SMILES string of the molecule is CC1(C)C(C(O)c2cc[nH]c2)C1(C)C. The molecule has 1 aromatic rings. The monoisotopic (exact) mass is 193 g/mol. The van der Waals surface area contributed by atoms with Crippen molar-refractivity contribution in [2.75, 3.05) is 0 Å². The minimum absolute atomic E-state index is 0.240. The smallest absolute Gasteiger partial charge is 0.0843 e. The van der Waals surface area contributed by atoms with Gasteiger partial charge in [-0.1, -0.05) is 27.7 Å². The summed E-state index contributed by atoms with van der Waals surface area (Å²) in [4.78, 5) is 2.99. The van der Waals surface area contributed by atoms with Crippen molar-refractivity contribution in [2.24, 2.45) is 16.7 Å². The first-order chi connectivity index (χ1) is 6.39. The van der Waals surface area contributed by atoms with Crippen LogP contribution in [0.5, 0.6) is 0 Å². The van der Waals surface area contributed by atoms with Crippen LogP contribution in [0.15, 0.2) is 18.5 Å². The fraction of sp³-hybridized carbons (Fsp3) is 0.667. The van der Waals surface area contributed by atoms with Crippen LogP contribution in [-0.4, -0.2) is 10.1 Å². The Balaban J connectivity index is 2.20. The number of hydrogen-bond donors (Lipinski definition) is 2. The van der Waals surface area contributed by atoms with E-state index in [-0.39, 0.29) is 16.9 Å². The highest BCUT2D eigenvalue weighted by molar-refractivity contribution is 5.23. The molecule has 2 nitrogen and oxygen atoms in total. The Morgan fingerprint density at radius 1 is 1.29 bits per heavy atom. The molecule has 2 N–H and O–H groups in total. The second-order valence-electron chi connectivity index (χ2n) is 5.51. The van der Waals surface area contributed by atoms with Gasteiger partial charge in [0, 0.05) is 18.3 Å². The molecule has 0 saturated heterocycles. The van der Waals surface area contributed by atoms with Gasteiger partial charge in [-0.15, -0.1) is 0 Å². The van der Waals surface area contributed by atoms with Crippen LogP contribution in [0.3, 0.4) is 0 Å². The summed E-state index contributed by atoms with van der Waals surface area (Å²) in [7, 11) is 0. The number of aromatic nitrogens is 1. The van der Waals surface area contributed by atoms with E-state index in [1.807, 2.05) is 18.5 Å². The van der Waals surface area contributed by atoms with E-state index < -0.39 is 0 Å². The third-order valence-electron chi connectivity index (χ3n) is 4.41. The van der Waals surface area contributed by atoms with Gasteiger partial charge in [0.25, 0.3) is 0 Å². The first-order valence-electron chi connectivity index (χ1n) is 5.20. The van der Waals surface area contributed by atoms with E-state index in [4.69, 9.17) is 0 Å². The third-order valence-corrected chi connectivity index (χ3v) is 4.41. The number of aliphatic hydroxyl groups is 1. The van der Waals surface area contributed by atoms with Gasteiger partial charge < -0.3 is 10.1 Å². The van der Waals surface area contributed by atoms with Gasteiger partial charge >= 0.3 is 0 Å². The topological polar surface area (TPSA) is 36.0 Å². The number of aliphatic hydroxyl groups excluding tert-OH is 1. The summed E-state index contributed by atoms with van der Waals surface area (Å²) in [6.45, 7) is 8.92. The van der Waals surface area contributed by atoms with Crippen molar-refractivity contribution in [3.63, 3.8) is 0 Å². The molecule has 0 bridgehead atoms. The molecule has 1 aliphatic rings. The number of aromatic amines is 1. The quantitative estimate of drug-likeness (QED) is 0.744. The maximum atomic E-state index is 10.2. The van der Waals surface area contributed by atoms with Crippen LogP contribution < -0.4 is 0 Å². The van der Waals surface area contributed by atoms with E-state index >= 15 is 0 Å². The normalized spacial score (nSPS) is 26.1. The van der Waals surface area contributed by atoms with Crippen LogP contribution in [0.1, 0.15) is 39.4 Å². The Hall–Kier alpha value is -0.760. The van der Waals surface area contributed by atoms with Crippen molar-refractivity contribution < 1.29 is 5.11 Å². The molecule has 1 heterocycles. The zero-order valence-corrected chi connectivity index (χ0v) is 9.33. The van der Waals surface area contributed by atoms with E-state index in [1.165, 1.54) is 0 Å². The summed E-state index contributed by atoms with van der Waals surface area (Å²) in [5.74, 6) is 0.366. The predicted molar refractivity (Wildman–Crippen MR) is 56.8 cm³/mol. The number of nitrogens with one attached hydrogen (secondary N) is 1. The van der Waals surface area contributed by atoms with Gasteiger partial charge in [0.15, 0.2) is 0 Å². The molecule has 78 valence electrons. The summed E-state index contributed by atoms with van der Waals surface area (Å²) in [6.07, 6.45) is 3.42. The zero-order valence-electron chi connectivity index (χ0n) is 9.33. The highest BCUT2D eigenvalue weighted by Gasteiger charge is 2.67. The standard InChI is InChI=1S/C12H19NO/c1-11(2)10(12(11,3)4)9(14)8-5-6-13-7-8/h5-7,9-10,13-14H,1-4H3. The van der Waals surface area contributed by atoms with Gasteiger partial charge in [0.1, 0.15) is 0 Å². The van der Waals surface area contributed by atoms with Gasteiger partial charge in [-0.2, -0.15) is 0 Å². The van der Waals surface area contributed by atoms with Crippen molar-refractivity contribution in [2.45, 2.75) is 33.8 Å². The lowest BCUT2D eigenvalue weighted by Crippen LogP contribution is -2.04. The molecule has 2 rings (SSSR count). The molecule has 1 saturated carbocycles. The molecule has 1 unspecified atom stereocenters. The van der Waals surface area contributed by atoms with E-state index in [0.717, 1.165) is 5.56 Å².